The molecule has 0 saturated carbocycles. The molecule has 1 aliphatic rings. The van der Waals surface area contributed by atoms with Gasteiger partial charge in [-0.1, -0.05) is 0 Å². The van der Waals surface area contributed by atoms with Crippen LogP contribution in [0.1, 0.15) is 10.4 Å². The zero-order valence-corrected chi connectivity index (χ0v) is 14.3. The van der Waals surface area contributed by atoms with E-state index in [9.17, 15) is 4.79 Å². The summed E-state index contributed by atoms with van der Waals surface area (Å²) in [5.74, 6) is 2.26. The van der Waals surface area contributed by atoms with Crippen LogP contribution in [0.3, 0.4) is 0 Å². The van der Waals surface area contributed by atoms with Crippen molar-refractivity contribution in [2.45, 2.75) is 0 Å². The first-order valence-corrected chi connectivity index (χ1v) is 7.67. The van der Waals surface area contributed by atoms with Crippen molar-refractivity contribution >= 4 is 11.6 Å². The number of hydrogen-bond donors (Lipinski definition) is 1. The highest BCUT2D eigenvalue weighted by atomic mass is 16.6. The Morgan fingerprint density at radius 3 is 2.36 bits per heavy atom. The number of benzene rings is 2. The van der Waals surface area contributed by atoms with Gasteiger partial charge in [0.05, 0.1) is 21.3 Å². The Kier molecular flexibility index (Phi) is 4.83. The van der Waals surface area contributed by atoms with Gasteiger partial charge in [-0.3, -0.25) is 4.79 Å². The minimum Gasteiger partial charge on any atom is -0.493 e. The normalized spacial score (nSPS) is 12.3. The molecule has 7 heteroatoms. The number of rotatable bonds is 5. The summed E-state index contributed by atoms with van der Waals surface area (Å²) in [5.41, 5.74) is 0.979. The molecule has 25 heavy (non-hydrogen) atoms. The molecule has 2 aromatic carbocycles. The van der Waals surface area contributed by atoms with Gasteiger partial charge >= 0.3 is 0 Å². The molecule has 0 saturated heterocycles. The summed E-state index contributed by atoms with van der Waals surface area (Å²) in [7, 11) is 4.61. The first-order valence-electron chi connectivity index (χ1n) is 7.67. The fraction of sp³-hybridized carbons (Fsp3) is 0.278. The van der Waals surface area contributed by atoms with Gasteiger partial charge in [0.15, 0.2) is 23.0 Å². The Balaban J connectivity index is 1.86. The third kappa shape index (κ3) is 3.40. The molecule has 0 atom stereocenters. The third-order valence-electron chi connectivity index (χ3n) is 3.73. The molecule has 0 fully saturated rings. The fourth-order valence-corrected chi connectivity index (χ4v) is 2.52. The van der Waals surface area contributed by atoms with Gasteiger partial charge in [-0.15, -0.1) is 0 Å². The summed E-state index contributed by atoms with van der Waals surface area (Å²) in [6, 6.07) is 8.38. The van der Waals surface area contributed by atoms with E-state index in [0.717, 1.165) is 0 Å². The SMILES string of the molecule is COc1ccc(NC(=O)c2cc(OC)c3c(c2)OCCO3)cc1OC. The first kappa shape index (κ1) is 16.8. The minimum atomic E-state index is -0.303. The molecule has 0 bridgehead atoms. The van der Waals surface area contributed by atoms with Crippen LogP contribution in [0.2, 0.25) is 0 Å². The largest absolute Gasteiger partial charge is 0.493 e. The van der Waals surface area contributed by atoms with Gasteiger partial charge in [0, 0.05) is 17.3 Å². The van der Waals surface area contributed by atoms with Crippen LogP contribution in [-0.2, 0) is 0 Å². The van der Waals surface area contributed by atoms with Crippen molar-refractivity contribution in [1.82, 2.24) is 0 Å². The minimum absolute atomic E-state index is 0.303. The summed E-state index contributed by atoms with van der Waals surface area (Å²) >= 11 is 0. The number of fused-ring (bicyclic) bond motifs is 1. The second-order valence-electron chi connectivity index (χ2n) is 5.23. The van der Waals surface area contributed by atoms with Crippen molar-refractivity contribution in [2.24, 2.45) is 0 Å². The fourth-order valence-electron chi connectivity index (χ4n) is 2.52. The van der Waals surface area contributed by atoms with Crippen LogP contribution in [-0.4, -0.2) is 40.5 Å². The maximum absolute atomic E-state index is 12.6. The number of carbonyl (C=O) groups is 1. The Hall–Kier alpha value is -3.09. The van der Waals surface area contributed by atoms with E-state index in [-0.39, 0.29) is 5.91 Å². The van der Waals surface area contributed by atoms with E-state index >= 15 is 0 Å². The molecule has 2 aromatic rings. The molecule has 7 nitrogen and oxygen atoms in total. The smallest absolute Gasteiger partial charge is 0.255 e. The second kappa shape index (κ2) is 7.21. The molecule has 132 valence electrons. The lowest BCUT2D eigenvalue weighted by molar-refractivity contribution is 0.102. The molecule has 1 N–H and O–H groups in total. The molecule has 3 rings (SSSR count). The van der Waals surface area contributed by atoms with Gasteiger partial charge in [-0.2, -0.15) is 0 Å². The number of nitrogens with one attached hydrogen (secondary N) is 1. The number of hydrogen-bond acceptors (Lipinski definition) is 6. The van der Waals surface area contributed by atoms with Crippen molar-refractivity contribution in [2.75, 3.05) is 39.9 Å². The van der Waals surface area contributed by atoms with Crippen molar-refractivity contribution in [3.8, 4) is 28.7 Å². The van der Waals surface area contributed by atoms with Crippen LogP contribution in [0.5, 0.6) is 28.7 Å². The quantitative estimate of drug-likeness (QED) is 0.898. The van der Waals surface area contributed by atoms with Crippen molar-refractivity contribution < 1.29 is 28.5 Å². The lowest BCUT2D eigenvalue weighted by Gasteiger charge is -2.21. The van der Waals surface area contributed by atoms with E-state index in [1.807, 2.05) is 0 Å². The van der Waals surface area contributed by atoms with Gasteiger partial charge < -0.3 is 29.0 Å². The Bertz CT molecular complexity index is 772. The molecule has 0 unspecified atom stereocenters. The zero-order valence-electron chi connectivity index (χ0n) is 14.3. The molecule has 1 amide bonds. The number of methoxy groups -OCH3 is 3. The van der Waals surface area contributed by atoms with Gasteiger partial charge in [0.1, 0.15) is 13.2 Å². The lowest BCUT2D eigenvalue weighted by Crippen LogP contribution is -2.18. The predicted molar refractivity (Wildman–Crippen MR) is 91.5 cm³/mol. The molecule has 0 radical (unpaired) electrons. The summed E-state index contributed by atoms with van der Waals surface area (Å²) in [4.78, 5) is 12.6. The van der Waals surface area contributed by atoms with Gasteiger partial charge in [0.2, 0.25) is 5.75 Å². The van der Waals surface area contributed by atoms with Crippen LogP contribution >= 0.6 is 0 Å². The van der Waals surface area contributed by atoms with Gasteiger partial charge in [0.25, 0.3) is 5.91 Å². The van der Waals surface area contributed by atoms with Crippen LogP contribution in [0.25, 0.3) is 0 Å². The van der Waals surface area contributed by atoms with E-state index < -0.39 is 0 Å². The lowest BCUT2D eigenvalue weighted by atomic mass is 10.1. The average Bonchev–Trinajstić information content (AvgIpc) is 2.66. The van der Waals surface area contributed by atoms with E-state index in [1.165, 1.54) is 14.2 Å². The van der Waals surface area contributed by atoms with E-state index in [0.29, 0.717) is 53.2 Å². The highest BCUT2D eigenvalue weighted by Gasteiger charge is 2.21. The highest BCUT2D eigenvalue weighted by Crippen LogP contribution is 2.40. The maximum Gasteiger partial charge on any atom is 0.255 e. The first-order chi connectivity index (χ1) is 12.2. The van der Waals surface area contributed by atoms with Crippen molar-refractivity contribution in [3.63, 3.8) is 0 Å². The molecule has 0 spiro atoms. The third-order valence-corrected chi connectivity index (χ3v) is 3.73. The molecule has 1 heterocycles. The number of anilines is 1. The Morgan fingerprint density at radius 1 is 0.920 bits per heavy atom. The highest BCUT2D eigenvalue weighted by molar-refractivity contribution is 6.05. The molecular weight excluding hydrogens is 326 g/mol. The Morgan fingerprint density at radius 2 is 1.64 bits per heavy atom. The summed E-state index contributed by atoms with van der Waals surface area (Å²) in [5, 5.41) is 2.82. The average molecular weight is 345 g/mol. The van der Waals surface area contributed by atoms with Crippen molar-refractivity contribution in [1.29, 1.82) is 0 Å². The number of amides is 1. The van der Waals surface area contributed by atoms with E-state index in [1.54, 1.807) is 37.4 Å². The summed E-state index contributed by atoms with van der Waals surface area (Å²) in [6.45, 7) is 0.872. The van der Waals surface area contributed by atoms with Crippen LogP contribution < -0.4 is 29.0 Å². The topological polar surface area (TPSA) is 75.3 Å². The van der Waals surface area contributed by atoms with E-state index in [2.05, 4.69) is 5.32 Å². The van der Waals surface area contributed by atoms with Gasteiger partial charge in [-0.05, 0) is 24.3 Å². The standard InChI is InChI=1S/C18H19NO6/c1-21-13-5-4-12(10-14(13)22-2)19-18(20)11-8-15(23-3)17-16(9-11)24-6-7-25-17/h4-5,8-10H,6-7H2,1-3H3,(H,19,20). The summed E-state index contributed by atoms with van der Waals surface area (Å²) < 4.78 is 26.8. The van der Waals surface area contributed by atoms with Crippen LogP contribution in [0, 0.1) is 0 Å². The Labute approximate surface area is 145 Å². The van der Waals surface area contributed by atoms with Gasteiger partial charge in [-0.25, -0.2) is 0 Å². The molecule has 1 aliphatic heterocycles. The molecule has 0 aromatic heterocycles. The molecular formula is C18H19NO6. The van der Waals surface area contributed by atoms with Crippen LogP contribution in [0.4, 0.5) is 5.69 Å². The maximum atomic E-state index is 12.6. The predicted octanol–water partition coefficient (Wildman–Crippen LogP) is 2.74. The van der Waals surface area contributed by atoms with E-state index in [4.69, 9.17) is 23.7 Å². The number of carbonyl (C=O) groups excluding carboxylic acids is 1. The number of ether oxygens (including phenoxy) is 5. The monoisotopic (exact) mass is 345 g/mol. The summed E-state index contributed by atoms with van der Waals surface area (Å²) in [6.07, 6.45) is 0. The second-order valence-corrected chi connectivity index (χ2v) is 5.23. The van der Waals surface area contributed by atoms with Crippen LogP contribution in [0.15, 0.2) is 30.3 Å². The molecule has 0 aliphatic carbocycles. The zero-order chi connectivity index (χ0) is 17.8. The van der Waals surface area contributed by atoms with Crippen molar-refractivity contribution in [3.05, 3.63) is 35.9 Å².